The molecule has 0 spiro atoms. The maximum Gasteiger partial charge on any atom is 0.336 e. The number of para-hydroxylation sites is 1. The Morgan fingerprint density at radius 3 is 2.75 bits per heavy atom. The Morgan fingerprint density at radius 2 is 1.92 bits per heavy atom. The Labute approximate surface area is 138 Å². The highest BCUT2D eigenvalue weighted by molar-refractivity contribution is 6.02. The third kappa shape index (κ3) is 3.52. The minimum absolute atomic E-state index is 0.293. The first-order valence-corrected chi connectivity index (χ1v) is 7.32. The molecule has 0 aliphatic rings. The zero-order chi connectivity index (χ0) is 16.9. The van der Waals surface area contributed by atoms with Crippen molar-refractivity contribution in [2.24, 2.45) is 0 Å². The number of hydrogen-bond donors (Lipinski definition) is 1. The standard InChI is InChI=1S/C19H15NO4/c1-23-16-5-3-2-4-13(16)7-10-18(21)20-15-9-6-14-8-11-19(22)24-17(14)12-15/h2-12H,1H3,(H,20,21)/b10-7+. The van der Waals surface area contributed by atoms with E-state index in [1.807, 2.05) is 24.3 Å². The van der Waals surface area contributed by atoms with E-state index in [9.17, 15) is 9.59 Å². The van der Waals surface area contributed by atoms with E-state index in [1.54, 1.807) is 37.5 Å². The van der Waals surface area contributed by atoms with Crippen molar-refractivity contribution in [2.45, 2.75) is 0 Å². The van der Waals surface area contributed by atoms with Gasteiger partial charge in [0, 0.05) is 34.8 Å². The van der Waals surface area contributed by atoms with Gasteiger partial charge >= 0.3 is 5.63 Å². The third-order valence-corrected chi connectivity index (χ3v) is 3.44. The van der Waals surface area contributed by atoms with Crippen molar-refractivity contribution < 1.29 is 13.9 Å². The maximum absolute atomic E-state index is 12.1. The lowest BCUT2D eigenvalue weighted by atomic mass is 10.2. The van der Waals surface area contributed by atoms with Crippen molar-refractivity contribution in [3.8, 4) is 5.75 Å². The van der Waals surface area contributed by atoms with E-state index in [0.717, 1.165) is 10.9 Å². The molecule has 1 heterocycles. The number of fused-ring (bicyclic) bond motifs is 1. The van der Waals surface area contributed by atoms with Gasteiger partial charge < -0.3 is 14.5 Å². The maximum atomic E-state index is 12.1. The number of carbonyl (C=O) groups excluding carboxylic acids is 1. The molecule has 0 radical (unpaired) electrons. The fourth-order valence-electron chi connectivity index (χ4n) is 2.29. The van der Waals surface area contributed by atoms with E-state index in [4.69, 9.17) is 9.15 Å². The fraction of sp³-hybridized carbons (Fsp3) is 0.0526. The largest absolute Gasteiger partial charge is 0.496 e. The van der Waals surface area contributed by atoms with Gasteiger partial charge in [0.1, 0.15) is 11.3 Å². The Balaban J connectivity index is 1.77. The summed E-state index contributed by atoms with van der Waals surface area (Å²) in [4.78, 5) is 23.3. The van der Waals surface area contributed by atoms with Crippen molar-refractivity contribution in [1.29, 1.82) is 0 Å². The summed E-state index contributed by atoms with van der Waals surface area (Å²) in [5.74, 6) is 0.396. The molecule has 120 valence electrons. The van der Waals surface area contributed by atoms with Crippen molar-refractivity contribution in [1.82, 2.24) is 0 Å². The summed E-state index contributed by atoms with van der Waals surface area (Å²) in [6, 6.07) is 15.6. The molecule has 0 fully saturated rings. The van der Waals surface area contributed by atoms with E-state index < -0.39 is 5.63 Å². The molecule has 3 rings (SSSR count). The summed E-state index contributed by atoms with van der Waals surface area (Å²) in [5.41, 5.74) is 1.35. The average Bonchev–Trinajstić information content (AvgIpc) is 2.60. The van der Waals surface area contributed by atoms with Crippen LogP contribution in [0, 0.1) is 0 Å². The molecule has 2 aromatic carbocycles. The molecule has 0 saturated carbocycles. The van der Waals surface area contributed by atoms with E-state index in [0.29, 0.717) is 17.0 Å². The molecule has 0 aliphatic carbocycles. The second-order valence-corrected chi connectivity index (χ2v) is 5.07. The number of benzene rings is 2. The predicted molar refractivity (Wildman–Crippen MR) is 93.1 cm³/mol. The summed E-state index contributed by atoms with van der Waals surface area (Å²) in [6.45, 7) is 0. The molecule has 0 aliphatic heterocycles. The van der Waals surface area contributed by atoms with Gasteiger partial charge in [0.15, 0.2) is 0 Å². The lowest BCUT2D eigenvalue weighted by Gasteiger charge is -2.05. The van der Waals surface area contributed by atoms with Crippen molar-refractivity contribution in [2.75, 3.05) is 12.4 Å². The van der Waals surface area contributed by atoms with Crippen LogP contribution < -0.4 is 15.7 Å². The van der Waals surface area contributed by atoms with Gasteiger partial charge in [-0.2, -0.15) is 0 Å². The predicted octanol–water partition coefficient (Wildman–Crippen LogP) is 3.45. The van der Waals surface area contributed by atoms with Crippen LogP contribution in [0.3, 0.4) is 0 Å². The molecular formula is C19H15NO4. The monoisotopic (exact) mass is 321 g/mol. The number of ether oxygens (including phenoxy) is 1. The first kappa shape index (κ1) is 15.6. The first-order chi connectivity index (χ1) is 11.7. The summed E-state index contributed by atoms with van der Waals surface area (Å²) in [5, 5.41) is 3.52. The normalized spacial score (nSPS) is 10.9. The fourth-order valence-corrected chi connectivity index (χ4v) is 2.29. The SMILES string of the molecule is COc1ccccc1/C=C/C(=O)Nc1ccc2ccc(=O)oc2c1. The second kappa shape index (κ2) is 6.83. The van der Waals surface area contributed by atoms with Crippen molar-refractivity contribution in [3.63, 3.8) is 0 Å². The number of amides is 1. The topological polar surface area (TPSA) is 68.5 Å². The Kier molecular flexibility index (Phi) is 4.43. The van der Waals surface area contributed by atoms with Gasteiger partial charge in [-0.3, -0.25) is 4.79 Å². The lowest BCUT2D eigenvalue weighted by Crippen LogP contribution is -2.07. The second-order valence-electron chi connectivity index (χ2n) is 5.07. The van der Waals surface area contributed by atoms with Crippen LogP contribution in [0.5, 0.6) is 5.75 Å². The molecular weight excluding hydrogens is 306 g/mol. The smallest absolute Gasteiger partial charge is 0.336 e. The van der Waals surface area contributed by atoms with Gasteiger partial charge in [-0.15, -0.1) is 0 Å². The highest BCUT2D eigenvalue weighted by Gasteiger charge is 2.03. The van der Waals surface area contributed by atoms with Crippen LogP contribution in [-0.2, 0) is 4.79 Å². The Hall–Kier alpha value is -3.34. The van der Waals surface area contributed by atoms with E-state index >= 15 is 0 Å². The number of rotatable bonds is 4. The number of nitrogens with one attached hydrogen (secondary N) is 1. The molecule has 0 saturated heterocycles. The molecule has 0 atom stereocenters. The molecule has 0 bridgehead atoms. The molecule has 5 nitrogen and oxygen atoms in total. The molecule has 5 heteroatoms. The van der Waals surface area contributed by atoms with Crippen LogP contribution in [0.25, 0.3) is 17.0 Å². The number of carbonyl (C=O) groups is 1. The summed E-state index contributed by atoms with van der Waals surface area (Å²) in [7, 11) is 1.58. The quantitative estimate of drug-likeness (QED) is 0.590. The van der Waals surface area contributed by atoms with Gasteiger partial charge in [0.05, 0.1) is 7.11 Å². The van der Waals surface area contributed by atoms with Crippen LogP contribution in [0.15, 0.2) is 69.9 Å². The van der Waals surface area contributed by atoms with Crippen LogP contribution >= 0.6 is 0 Å². The summed E-state index contributed by atoms with van der Waals surface area (Å²) in [6.07, 6.45) is 3.10. The zero-order valence-electron chi connectivity index (χ0n) is 13.0. The highest BCUT2D eigenvalue weighted by atomic mass is 16.5. The number of methoxy groups -OCH3 is 1. The van der Waals surface area contributed by atoms with Gasteiger partial charge in [-0.25, -0.2) is 4.79 Å². The number of hydrogen-bond acceptors (Lipinski definition) is 4. The minimum Gasteiger partial charge on any atom is -0.496 e. The summed E-state index contributed by atoms with van der Waals surface area (Å²) >= 11 is 0. The van der Waals surface area contributed by atoms with Crippen LogP contribution in [-0.4, -0.2) is 13.0 Å². The molecule has 1 aromatic heterocycles. The van der Waals surface area contributed by atoms with Gasteiger partial charge in [-0.1, -0.05) is 18.2 Å². The summed E-state index contributed by atoms with van der Waals surface area (Å²) < 4.78 is 10.3. The van der Waals surface area contributed by atoms with Crippen molar-refractivity contribution in [3.05, 3.63) is 76.7 Å². The zero-order valence-corrected chi connectivity index (χ0v) is 13.0. The van der Waals surface area contributed by atoms with E-state index in [2.05, 4.69) is 5.32 Å². The van der Waals surface area contributed by atoms with Gasteiger partial charge in [-0.05, 0) is 30.3 Å². The minimum atomic E-state index is -0.429. The van der Waals surface area contributed by atoms with Crippen LogP contribution in [0.2, 0.25) is 0 Å². The Morgan fingerprint density at radius 1 is 1.12 bits per heavy atom. The molecule has 1 N–H and O–H groups in total. The lowest BCUT2D eigenvalue weighted by molar-refractivity contribution is -0.111. The van der Waals surface area contributed by atoms with E-state index in [1.165, 1.54) is 12.1 Å². The third-order valence-electron chi connectivity index (χ3n) is 3.44. The molecule has 1 amide bonds. The number of anilines is 1. The van der Waals surface area contributed by atoms with Crippen LogP contribution in [0.4, 0.5) is 5.69 Å². The average molecular weight is 321 g/mol. The van der Waals surface area contributed by atoms with Crippen LogP contribution in [0.1, 0.15) is 5.56 Å². The Bertz CT molecular complexity index is 972. The molecule has 3 aromatic rings. The first-order valence-electron chi connectivity index (χ1n) is 7.32. The van der Waals surface area contributed by atoms with Gasteiger partial charge in [0.25, 0.3) is 0 Å². The van der Waals surface area contributed by atoms with Gasteiger partial charge in [0.2, 0.25) is 5.91 Å². The van der Waals surface area contributed by atoms with E-state index in [-0.39, 0.29) is 5.91 Å². The van der Waals surface area contributed by atoms with Crippen molar-refractivity contribution >= 4 is 28.6 Å². The highest BCUT2D eigenvalue weighted by Crippen LogP contribution is 2.20. The molecule has 0 unspecified atom stereocenters. The molecule has 24 heavy (non-hydrogen) atoms.